The van der Waals surface area contributed by atoms with Gasteiger partial charge in [-0.3, -0.25) is 0 Å². The van der Waals surface area contributed by atoms with E-state index in [1.807, 2.05) is 0 Å². The Morgan fingerprint density at radius 2 is 0.636 bits per heavy atom. The Morgan fingerprint density at radius 1 is 0.341 bits per heavy atom. The average Bonchev–Trinajstić information content (AvgIpc) is 3.02. The molecule has 222 valence electrons. The van der Waals surface area contributed by atoms with Gasteiger partial charge in [-0.15, -0.1) is 0 Å². The summed E-state index contributed by atoms with van der Waals surface area (Å²) in [6, 6.07) is 53.6. The van der Waals surface area contributed by atoms with Crippen LogP contribution in [0.25, 0.3) is 24.3 Å². The maximum Gasteiger partial charge on any atom is 0.0561 e. The largest absolute Gasteiger partial charge is 0.0689 e. The van der Waals surface area contributed by atoms with E-state index in [9.17, 15) is 0 Å². The molecule has 0 aromatic heterocycles. The summed E-state index contributed by atoms with van der Waals surface area (Å²) in [5.74, 6) is 0. The Kier molecular flexibility index (Phi) is 10.5. The van der Waals surface area contributed by atoms with Gasteiger partial charge < -0.3 is 0 Å². The predicted molar refractivity (Wildman–Crippen MR) is 200 cm³/mol. The summed E-state index contributed by atoms with van der Waals surface area (Å²) in [6.07, 6.45) is 8.80. The first-order valence-corrected chi connectivity index (χ1v) is 22.8. The van der Waals surface area contributed by atoms with Crippen LogP contribution in [0.5, 0.6) is 0 Å². The SMILES string of the molecule is C[Si](C)(Cc1ccc(/C=C\c2ccccc2)cc1)Cc1ccccc1C[Si](C)(C)Cc1ccc(/C=C/c2ccccc2)cc1. The Morgan fingerprint density at radius 3 is 0.977 bits per heavy atom. The second-order valence-corrected chi connectivity index (χ2v) is 23.8. The van der Waals surface area contributed by atoms with Gasteiger partial charge in [0.1, 0.15) is 0 Å². The summed E-state index contributed by atoms with van der Waals surface area (Å²) in [7, 11) is -3.00. The van der Waals surface area contributed by atoms with E-state index < -0.39 is 16.1 Å². The van der Waals surface area contributed by atoms with E-state index in [2.05, 4.69) is 184 Å². The quantitative estimate of drug-likeness (QED) is 0.0979. The standard InChI is InChI=1S/C42H46Si2/c1-43(2,31-39-27-23-37(24-28-39)21-19-35-13-7-5-8-14-35)33-41-17-11-12-18-42(41)34-44(3,4)32-40-29-25-38(26-30-40)22-20-36-15-9-6-10-16-36/h5-30H,31-34H2,1-4H3/b21-19-,22-20+. The van der Waals surface area contributed by atoms with Gasteiger partial charge in [0.05, 0.1) is 16.1 Å². The van der Waals surface area contributed by atoms with E-state index >= 15 is 0 Å². The number of benzene rings is 5. The van der Waals surface area contributed by atoms with Crippen molar-refractivity contribution in [2.75, 3.05) is 0 Å². The summed E-state index contributed by atoms with van der Waals surface area (Å²) in [5, 5.41) is 0. The average molecular weight is 607 g/mol. The molecule has 0 radical (unpaired) electrons. The molecule has 0 saturated carbocycles. The maximum atomic E-state index is 2.56. The minimum atomic E-state index is -1.50. The lowest BCUT2D eigenvalue weighted by Crippen LogP contribution is -2.36. The minimum Gasteiger partial charge on any atom is -0.0689 e. The van der Waals surface area contributed by atoms with Crippen LogP contribution in [-0.2, 0) is 24.2 Å². The van der Waals surface area contributed by atoms with Gasteiger partial charge in [-0.05, 0) is 57.6 Å². The second kappa shape index (κ2) is 14.7. The van der Waals surface area contributed by atoms with Crippen molar-refractivity contribution in [3.05, 3.63) is 178 Å². The molecule has 5 aromatic rings. The third-order valence-electron chi connectivity index (χ3n) is 8.32. The normalized spacial score (nSPS) is 12.3. The highest BCUT2D eigenvalue weighted by molar-refractivity contribution is 6.77. The molecule has 2 heteroatoms. The first kappa shape index (κ1) is 31.4. The van der Waals surface area contributed by atoms with Gasteiger partial charge in [0.2, 0.25) is 0 Å². The Bertz CT molecular complexity index is 1530. The van der Waals surface area contributed by atoms with Crippen LogP contribution in [0.1, 0.15) is 44.5 Å². The molecule has 0 saturated heterocycles. The van der Waals surface area contributed by atoms with Gasteiger partial charge in [-0.2, -0.15) is 0 Å². The zero-order chi connectivity index (χ0) is 30.8. The summed E-state index contributed by atoms with van der Waals surface area (Å²) < 4.78 is 0. The van der Waals surface area contributed by atoms with Crippen molar-refractivity contribution in [2.24, 2.45) is 0 Å². The molecule has 5 aromatic carbocycles. The molecule has 0 aliphatic rings. The predicted octanol–water partition coefficient (Wildman–Crippen LogP) is 11.2. The van der Waals surface area contributed by atoms with Gasteiger partial charge in [0.15, 0.2) is 0 Å². The van der Waals surface area contributed by atoms with Gasteiger partial charge in [0.25, 0.3) is 0 Å². The van der Waals surface area contributed by atoms with Gasteiger partial charge >= 0.3 is 0 Å². The van der Waals surface area contributed by atoms with Crippen LogP contribution in [0.2, 0.25) is 26.2 Å². The fourth-order valence-electron chi connectivity index (χ4n) is 6.17. The van der Waals surface area contributed by atoms with Crippen molar-refractivity contribution >= 4 is 40.5 Å². The van der Waals surface area contributed by atoms with Crippen molar-refractivity contribution in [1.29, 1.82) is 0 Å². The topological polar surface area (TPSA) is 0 Å². The lowest BCUT2D eigenvalue weighted by atomic mass is 10.1. The molecule has 0 nitrogen and oxygen atoms in total. The monoisotopic (exact) mass is 606 g/mol. The lowest BCUT2D eigenvalue weighted by Gasteiger charge is -2.27. The molecule has 44 heavy (non-hydrogen) atoms. The molecule has 0 unspecified atom stereocenters. The third-order valence-corrected chi connectivity index (χ3v) is 13.7. The minimum absolute atomic E-state index is 1.20. The Hall–Kier alpha value is -3.99. The summed E-state index contributed by atoms with van der Waals surface area (Å²) in [6.45, 7) is 10.2. The molecule has 5 rings (SSSR count). The highest BCUT2D eigenvalue weighted by Crippen LogP contribution is 2.25. The van der Waals surface area contributed by atoms with E-state index in [1.165, 1.54) is 57.6 Å². The molecular formula is C42H46Si2. The van der Waals surface area contributed by atoms with Crippen molar-refractivity contribution in [3.8, 4) is 0 Å². The van der Waals surface area contributed by atoms with Gasteiger partial charge in [-0.25, -0.2) is 0 Å². The zero-order valence-electron chi connectivity index (χ0n) is 26.8. The van der Waals surface area contributed by atoms with Crippen molar-refractivity contribution in [2.45, 2.75) is 50.4 Å². The molecule has 0 spiro atoms. The molecule has 0 amide bonds. The van der Waals surface area contributed by atoms with Crippen LogP contribution in [0.15, 0.2) is 133 Å². The van der Waals surface area contributed by atoms with Gasteiger partial charge in [-0.1, -0.05) is 195 Å². The third kappa shape index (κ3) is 9.77. The van der Waals surface area contributed by atoms with Crippen LogP contribution in [0.3, 0.4) is 0 Å². The van der Waals surface area contributed by atoms with Crippen molar-refractivity contribution in [3.63, 3.8) is 0 Å². The number of hydrogen-bond donors (Lipinski definition) is 0. The van der Waals surface area contributed by atoms with Crippen molar-refractivity contribution < 1.29 is 0 Å². The van der Waals surface area contributed by atoms with Crippen LogP contribution in [-0.4, -0.2) is 16.1 Å². The Balaban J connectivity index is 1.19. The first-order valence-electron chi connectivity index (χ1n) is 15.9. The van der Waals surface area contributed by atoms with Gasteiger partial charge in [0, 0.05) is 0 Å². The van der Waals surface area contributed by atoms with E-state index in [4.69, 9.17) is 0 Å². The first-order chi connectivity index (χ1) is 21.2. The van der Waals surface area contributed by atoms with Crippen LogP contribution in [0, 0.1) is 0 Å². The molecule has 0 aliphatic carbocycles. The summed E-state index contributed by atoms with van der Waals surface area (Å²) in [4.78, 5) is 0. The van der Waals surface area contributed by atoms with E-state index in [1.54, 1.807) is 11.1 Å². The fraction of sp³-hybridized carbons (Fsp3) is 0.190. The molecule has 0 heterocycles. The second-order valence-electron chi connectivity index (χ2n) is 13.8. The molecule has 0 N–H and O–H groups in total. The fourth-order valence-corrected chi connectivity index (χ4v) is 11.9. The van der Waals surface area contributed by atoms with Crippen LogP contribution < -0.4 is 0 Å². The highest BCUT2D eigenvalue weighted by Gasteiger charge is 2.26. The van der Waals surface area contributed by atoms with Crippen LogP contribution in [0.4, 0.5) is 0 Å². The number of rotatable bonds is 12. The van der Waals surface area contributed by atoms with Crippen LogP contribution >= 0.6 is 0 Å². The summed E-state index contributed by atoms with van der Waals surface area (Å²) in [5.41, 5.74) is 11.1. The van der Waals surface area contributed by atoms with E-state index in [0.717, 1.165) is 0 Å². The lowest BCUT2D eigenvalue weighted by molar-refractivity contribution is 1.14. The molecule has 0 atom stereocenters. The number of hydrogen-bond acceptors (Lipinski definition) is 0. The molecule has 0 aliphatic heterocycles. The summed E-state index contributed by atoms with van der Waals surface area (Å²) >= 11 is 0. The smallest absolute Gasteiger partial charge is 0.0561 e. The zero-order valence-corrected chi connectivity index (χ0v) is 28.8. The Labute approximate surface area is 267 Å². The van der Waals surface area contributed by atoms with E-state index in [0.29, 0.717) is 0 Å². The molecule has 0 fully saturated rings. The van der Waals surface area contributed by atoms with E-state index in [-0.39, 0.29) is 0 Å². The molecular weight excluding hydrogens is 561 g/mol. The molecule has 0 bridgehead atoms. The highest BCUT2D eigenvalue weighted by atomic mass is 28.3. The maximum absolute atomic E-state index is 2.56. The van der Waals surface area contributed by atoms with Crippen molar-refractivity contribution in [1.82, 2.24) is 0 Å².